The van der Waals surface area contributed by atoms with Gasteiger partial charge in [0.05, 0.1) is 0 Å². The molecule has 2 aliphatic rings. The summed E-state index contributed by atoms with van der Waals surface area (Å²) in [6.07, 6.45) is 6.29. The highest BCUT2D eigenvalue weighted by atomic mass is 16.2. The molecule has 0 atom stereocenters. The highest BCUT2D eigenvalue weighted by Gasteiger charge is 2.27. The number of anilines is 1. The van der Waals surface area contributed by atoms with E-state index in [4.69, 9.17) is 0 Å². The van der Waals surface area contributed by atoms with Crippen LogP contribution in [0.5, 0.6) is 0 Å². The average molecular weight is 315 g/mol. The third-order valence-corrected chi connectivity index (χ3v) is 5.13. The van der Waals surface area contributed by atoms with E-state index >= 15 is 0 Å². The molecule has 0 aromatic heterocycles. The second-order valence-electron chi connectivity index (χ2n) is 7.12. The van der Waals surface area contributed by atoms with Crippen molar-refractivity contribution in [3.8, 4) is 0 Å². The largest absolute Gasteiger partial charge is 0.324 e. The van der Waals surface area contributed by atoms with E-state index in [1.807, 2.05) is 17.0 Å². The van der Waals surface area contributed by atoms with Crippen LogP contribution in [0.4, 0.5) is 10.5 Å². The van der Waals surface area contributed by atoms with Crippen molar-refractivity contribution in [3.63, 3.8) is 0 Å². The Labute approximate surface area is 139 Å². The number of piperidine rings is 2. The third-order valence-electron chi connectivity index (χ3n) is 5.13. The summed E-state index contributed by atoms with van der Waals surface area (Å²) in [7, 11) is 0. The van der Waals surface area contributed by atoms with Gasteiger partial charge < -0.3 is 15.1 Å². The number of nitrogens with one attached hydrogen (secondary N) is 1. The molecule has 4 heteroatoms. The average Bonchev–Trinajstić information content (AvgIpc) is 2.55. The second kappa shape index (κ2) is 7.35. The van der Waals surface area contributed by atoms with E-state index in [2.05, 4.69) is 30.1 Å². The van der Waals surface area contributed by atoms with Crippen LogP contribution in [-0.2, 0) is 0 Å². The first-order chi connectivity index (χ1) is 11.1. The van der Waals surface area contributed by atoms with Crippen molar-refractivity contribution < 1.29 is 4.79 Å². The molecule has 1 N–H and O–H groups in total. The molecule has 0 radical (unpaired) electrons. The molecule has 2 heterocycles. The van der Waals surface area contributed by atoms with Crippen LogP contribution in [0.3, 0.4) is 0 Å². The molecular formula is C19H29N3O. The minimum absolute atomic E-state index is 0.0482. The van der Waals surface area contributed by atoms with Gasteiger partial charge in [0.2, 0.25) is 0 Å². The molecule has 1 aromatic carbocycles. The van der Waals surface area contributed by atoms with E-state index in [1.165, 1.54) is 43.5 Å². The summed E-state index contributed by atoms with van der Waals surface area (Å²) in [5.41, 5.74) is 3.28. The van der Waals surface area contributed by atoms with Gasteiger partial charge in [-0.05, 0) is 75.9 Å². The van der Waals surface area contributed by atoms with Crippen molar-refractivity contribution in [2.75, 3.05) is 31.5 Å². The van der Waals surface area contributed by atoms with Gasteiger partial charge in [-0.1, -0.05) is 12.5 Å². The highest BCUT2D eigenvalue weighted by Crippen LogP contribution is 2.22. The van der Waals surface area contributed by atoms with Crippen LogP contribution in [0.25, 0.3) is 0 Å². The van der Waals surface area contributed by atoms with Gasteiger partial charge in [-0.2, -0.15) is 0 Å². The number of nitrogens with zero attached hydrogens (tertiary/aromatic N) is 2. The normalized spacial score (nSPS) is 20.5. The molecule has 126 valence electrons. The van der Waals surface area contributed by atoms with Gasteiger partial charge in [-0.3, -0.25) is 0 Å². The van der Waals surface area contributed by atoms with Crippen molar-refractivity contribution in [1.82, 2.24) is 9.80 Å². The van der Waals surface area contributed by atoms with Crippen LogP contribution in [-0.4, -0.2) is 48.1 Å². The first kappa shape index (κ1) is 16.3. The summed E-state index contributed by atoms with van der Waals surface area (Å²) in [6.45, 7) is 8.37. The quantitative estimate of drug-likeness (QED) is 0.901. The van der Waals surface area contributed by atoms with Gasteiger partial charge in [-0.25, -0.2) is 4.79 Å². The first-order valence-corrected chi connectivity index (χ1v) is 9.00. The Bertz CT molecular complexity index is 523. The molecule has 0 unspecified atom stereocenters. The number of benzene rings is 1. The number of hydrogen-bond donors (Lipinski definition) is 1. The van der Waals surface area contributed by atoms with E-state index in [0.29, 0.717) is 6.04 Å². The Kier molecular flexibility index (Phi) is 5.21. The summed E-state index contributed by atoms with van der Waals surface area (Å²) in [5.74, 6) is 0. The Balaban J connectivity index is 1.51. The Morgan fingerprint density at radius 2 is 1.57 bits per heavy atom. The monoisotopic (exact) mass is 315 g/mol. The number of likely N-dealkylation sites (tertiary alicyclic amines) is 2. The van der Waals surface area contributed by atoms with Gasteiger partial charge >= 0.3 is 6.03 Å². The summed E-state index contributed by atoms with van der Waals surface area (Å²) >= 11 is 0. The summed E-state index contributed by atoms with van der Waals surface area (Å²) in [4.78, 5) is 17.1. The number of carbonyl (C=O) groups excluding carboxylic acids is 1. The SMILES string of the molecule is Cc1cc(C)cc(NC(=O)N2CCC(N3CCCCC3)CC2)c1. The molecule has 23 heavy (non-hydrogen) atoms. The van der Waals surface area contributed by atoms with Gasteiger partial charge in [0.25, 0.3) is 0 Å². The predicted octanol–water partition coefficient (Wildman–Crippen LogP) is 3.79. The lowest BCUT2D eigenvalue weighted by molar-refractivity contribution is 0.104. The zero-order chi connectivity index (χ0) is 16.2. The van der Waals surface area contributed by atoms with Crippen LogP contribution >= 0.6 is 0 Å². The molecular weight excluding hydrogens is 286 g/mol. The zero-order valence-corrected chi connectivity index (χ0v) is 14.5. The van der Waals surface area contributed by atoms with E-state index in [9.17, 15) is 4.79 Å². The van der Waals surface area contributed by atoms with Gasteiger partial charge in [0.15, 0.2) is 0 Å². The fourth-order valence-electron chi connectivity index (χ4n) is 3.97. The molecule has 2 amide bonds. The Hall–Kier alpha value is -1.55. The molecule has 3 rings (SSSR count). The van der Waals surface area contributed by atoms with Gasteiger partial charge in [-0.15, -0.1) is 0 Å². The van der Waals surface area contributed by atoms with Crippen molar-refractivity contribution in [2.24, 2.45) is 0 Å². The number of hydrogen-bond acceptors (Lipinski definition) is 2. The zero-order valence-electron chi connectivity index (χ0n) is 14.5. The van der Waals surface area contributed by atoms with Gasteiger partial charge in [0.1, 0.15) is 0 Å². The topological polar surface area (TPSA) is 35.6 Å². The standard InChI is InChI=1S/C19H29N3O/c1-15-12-16(2)14-17(13-15)20-19(23)22-10-6-18(7-11-22)21-8-4-3-5-9-21/h12-14,18H,3-11H2,1-2H3,(H,20,23). The lowest BCUT2D eigenvalue weighted by atomic mass is 10.00. The summed E-state index contributed by atoms with van der Waals surface area (Å²) < 4.78 is 0. The predicted molar refractivity (Wildman–Crippen MR) is 95.0 cm³/mol. The smallest absolute Gasteiger partial charge is 0.321 e. The number of rotatable bonds is 2. The number of amides is 2. The molecule has 0 bridgehead atoms. The molecule has 0 saturated carbocycles. The molecule has 2 fully saturated rings. The molecule has 0 spiro atoms. The lowest BCUT2D eigenvalue weighted by Crippen LogP contribution is -2.49. The van der Waals surface area contributed by atoms with Crippen LogP contribution in [0.15, 0.2) is 18.2 Å². The fraction of sp³-hybridized carbons (Fsp3) is 0.632. The molecule has 2 saturated heterocycles. The fourth-order valence-corrected chi connectivity index (χ4v) is 3.97. The van der Waals surface area contributed by atoms with Crippen LogP contribution < -0.4 is 5.32 Å². The van der Waals surface area contributed by atoms with Crippen LogP contribution in [0.2, 0.25) is 0 Å². The van der Waals surface area contributed by atoms with Crippen LogP contribution in [0, 0.1) is 13.8 Å². The maximum atomic E-state index is 12.5. The lowest BCUT2D eigenvalue weighted by Gasteiger charge is -2.40. The van der Waals surface area contributed by atoms with E-state index < -0.39 is 0 Å². The summed E-state index contributed by atoms with van der Waals surface area (Å²) in [6, 6.07) is 6.92. The number of aryl methyl sites for hydroxylation is 2. The van der Waals surface area contributed by atoms with Crippen LogP contribution in [0.1, 0.15) is 43.2 Å². The molecule has 2 aliphatic heterocycles. The van der Waals surface area contributed by atoms with Crippen molar-refractivity contribution in [3.05, 3.63) is 29.3 Å². The first-order valence-electron chi connectivity index (χ1n) is 9.00. The molecule has 0 aliphatic carbocycles. The Morgan fingerprint density at radius 1 is 0.957 bits per heavy atom. The van der Waals surface area contributed by atoms with Crippen molar-refractivity contribution >= 4 is 11.7 Å². The molecule has 4 nitrogen and oxygen atoms in total. The van der Waals surface area contributed by atoms with E-state index in [-0.39, 0.29) is 6.03 Å². The Morgan fingerprint density at radius 3 is 2.17 bits per heavy atom. The summed E-state index contributed by atoms with van der Waals surface area (Å²) in [5, 5.41) is 3.06. The maximum Gasteiger partial charge on any atom is 0.321 e. The van der Waals surface area contributed by atoms with E-state index in [1.54, 1.807) is 0 Å². The molecule has 1 aromatic rings. The number of urea groups is 1. The maximum absolute atomic E-state index is 12.5. The van der Waals surface area contributed by atoms with Gasteiger partial charge in [0, 0.05) is 24.8 Å². The highest BCUT2D eigenvalue weighted by molar-refractivity contribution is 5.89. The van der Waals surface area contributed by atoms with Crippen molar-refractivity contribution in [1.29, 1.82) is 0 Å². The minimum atomic E-state index is 0.0482. The third kappa shape index (κ3) is 4.25. The minimum Gasteiger partial charge on any atom is -0.324 e. The number of carbonyl (C=O) groups is 1. The second-order valence-corrected chi connectivity index (χ2v) is 7.12. The van der Waals surface area contributed by atoms with E-state index in [0.717, 1.165) is 31.6 Å². The van der Waals surface area contributed by atoms with Crippen molar-refractivity contribution in [2.45, 2.75) is 52.0 Å².